The fraction of sp³-hybridized carbons (Fsp3) is 0.571. The van der Waals surface area contributed by atoms with Crippen molar-refractivity contribution in [1.82, 2.24) is 20.4 Å². The van der Waals surface area contributed by atoms with Crippen LogP contribution in [-0.4, -0.2) is 40.6 Å². The third-order valence-electron chi connectivity index (χ3n) is 5.00. The summed E-state index contributed by atoms with van der Waals surface area (Å²) >= 11 is 0. The minimum atomic E-state index is 0.0464. The minimum absolute atomic E-state index is 0.0464. The number of nitrogens with one attached hydrogen (secondary N) is 1. The van der Waals surface area contributed by atoms with E-state index in [1.807, 2.05) is 31.2 Å². The number of benzene rings is 1. The van der Waals surface area contributed by atoms with Gasteiger partial charge in [-0.3, -0.25) is 9.69 Å². The molecule has 1 amide bonds. The largest absolute Gasteiger partial charge is 0.356 e. The molecular formula is C21H30N4O2. The molecule has 0 saturated carbocycles. The summed E-state index contributed by atoms with van der Waals surface area (Å²) in [6.45, 7) is 9.44. The number of likely N-dealkylation sites (tertiary alicyclic amines) is 1. The topological polar surface area (TPSA) is 71.3 Å². The van der Waals surface area contributed by atoms with Crippen LogP contribution in [0.3, 0.4) is 0 Å². The van der Waals surface area contributed by atoms with Crippen LogP contribution < -0.4 is 5.32 Å². The van der Waals surface area contributed by atoms with Gasteiger partial charge in [0.25, 0.3) is 0 Å². The maximum atomic E-state index is 12.4. The molecule has 1 unspecified atom stereocenters. The van der Waals surface area contributed by atoms with Crippen molar-refractivity contribution in [2.75, 3.05) is 19.6 Å². The number of aryl methyl sites for hydroxylation is 1. The number of hydrogen-bond donors (Lipinski definition) is 1. The molecule has 0 spiro atoms. The van der Waals surface area contributed by atoms with Crippen LogP contribution in [0.25, 0.3) is 11.4 Å². The molecule has 146 valence electrons. The van der Waals surface area contributed by atoms with Gasteiger partial charge in [-0.2, -0.15) is 4.98 Å². The number of piperidine rings is 1. The lowest BCUT2D eigenvalue weighted by Crippen LogP contribution is -2.43. The summed E-state index contributed by atoms with van der Waals surface area (Å²) in [5.41, 5.74) is 2.13. The average molecular weight is 370 g/mol. The lowest BCUT2D eigenvalue weighted by molar-refractivity contribution is -0.126. The van der Waals surface area contributed by atoms with Gasteiger partial charge in [0.15, 0.2) is 0 Å². The predicted octanol–water partition coefficient (Wildman–Crippen LogP) is 3.42. The van der Waals surface area contributed by atoms with Crippen molar-refractivity contribution >= 4 is 5.91 Å². The summed E-state index contributed by atoms with van der Waals surface area (Å²) in [4.78, 5) is 19.2. The van der Waals surface area contributed by atoms with E-state index in [1.54, 1.807) is 0 Å². The lowest BCUT2D eigenvalue weighted by Gasteiger charge is -2.30. The van der Waals surface area contributed by atoms with Gasteiger partial charge >= 0.3 is 0 Å². The van der Waals surface area contributed by atoms with E-state index in [-0.39, 0.29) is 11.8 Å². The van der Waals surface area contributed by atoms with Crippen LogP contribution in [0.15, 0.2) is 28.8 Å². The highest BCUT2D eigenvalue weighted by molar-refractivity contribution is 5.78. The molecule has 6 nitrogen and oxygen atoms in total. The summed E-state index contributed by atoms with van der Waals surface area (Å²) in [7, 11) is 0. The number of amides is 1. The first-order chi connectivity index (χ1) is 13.0. The monoisotopic (exact) mass is 370 g/mol. The normalized spacial score (nSPS) is 18.0. The van der Waals surface area contributed by atoms with Gasteiger partial charge in [-0.05, 0) is 44.7 Å². The molecule has 3 rings (SSSR count). The van der Waals surface area contributed by atoms with Crippen LogP contribution in [0.4, 0.5) is 0 Å². The standard InChI is InChI=1S/C21H30N4O2/c1-15(2)9-10-22-21(26)18-8-5-11-25(13-18)14-19-23-20(24-27-19)17-7-4-6-16(3)12-17/h4,6-7,12,15,18H,5,8-11,13-14H2,1-3H3,(H,22,26). The van der Waals surface area contributed by atoms with Gasteiger partial charge in [-0.15, -0.1) is 0 Å². The first kappa shape index (κ1) is 19.5. The second kappa shape index (κ2) is 9.13. The van der Waals surface area contributed by atoms with Crippen molar-refractivity contribution in [3.8, 4) is 11.4 Å². The van der Waals surface area contributed by atoms with E-state index in [9.17, 15) is 4.79 Å². The van der Waals surface area contributed by atoms with Crippen molar-refractivity contribution in [3.05, 3.63) is 35.7 Å². The van der Waals surface area contributed by atoms with E-state index >= 15 is 0 Å². The smallest absolute Gasteiger partial charge is 0.241 e. The number of rotatable bonds is 7. The highest BCUT2D eigenvalue weighted by atomic mass is 16.5. The predicted molar refractivity (Wildman–Crippen MR) is 105 cm³/mol. The Kier molecular flexibility index (Phi) is 6.61. The summed E-state index contributed by atoms with van der Waals surface area (Å²) in [6, 6.07) is 8.07. The molecule has 2 heterocycles. The third kappa shape index (κ3) is 5.63. The summed E-state index contributed by atoms with van der Waals surface area (Å²) in [5.74, 6) is 2.05. The first-order valence-corrected chi connectivity index (χ1v) is 9.91. The molecule has 1 aromatic carbocycles. The van der Waals surface area contributed by atoms with Crippen molar-refractivity contribution in [2.24, 2.45) is 11.8 Å². The Bertz CT molecular complexity index is 756. The zero-order valence-electron chi connectivity index (χ0n) is 16.6. The van der Waals surface area contributed by atoms with Crippen molar-refractivity contribution in [3.63, 3.8) is 0 Å². The zero-order valence-corrected chi connectivity index (χ0v) is 16.6. The summed E-state index contributed by atoms with van der Waals surface area (Å²) < 4.78 is 5.45. The van der Waals surface area contributed by atoms with Crippen LogP contribution in [0, 0.1) is 18.8 Å². The van der Waals surface area contributed by atoms with E-state index in [4.69, 9.17) is 4.52 Å². The van der Waals surface area contributed by atoms with Gasteiger partial charge in [0.2, 0.25) is 17.6 Å². The zero-order chi connectivity index (χ0) is 19.2. The quantitative estimate of drug-likeness (QED) is 0.809. The minimum Gasteiger partial charge on any atom is -0.356 e. The van der Waals surface area contributed by atoms with Crippen LogP contribution in [0.2, 0.25) is 0 Å². The van der Waals surface area contributed by atoms with Gasteiger partial charge in [0, 0.05) is 18.7 Å². The fourth-order valence-electron chi connectivity index (χ4n) is 3.45. The molecule has 0 radical (unpaired) electrons. The Hall–Kier alpha value is -2.21. The van der Waals surface area contributed by atoms with Crippen molar-refractivity contribution < 1.29 is 9.32 Å². The van der Waals surface area contributed by atoms with E-state index in [1.165, 1.54) is 5.56 Å². The average Bonchev–Trinajstić information content (AvgIpc) is 3.10. The number of hydrogen-bond acceptors (Lipinski definition) is 5. The molecule has 27 heavy (non-hydrogen) atoms. The van der Waals surface area contributed by atoms with Gasteiger partial charge in [0.1, 0.15) is 0 Å². The number of aromatic nitrogens is 2. The molecule has 1 aliphatic rings. The van der Waals surface area contributed by atoms with Gasteiger partial charge < -0.3 is 9.84 Å². The van der Waals surface area contributed by atoms with Crippen molar-refractivity contribution in [1.29, 1.82) is 0 Å². The summed E-state index contributed by atoms with van der Waals surface area (Å²) in [6.07, 6.45) is 2.98. The van der Waals surface area contributed by atoms with Crippen LogP contribution >= 0.6 is 0 Å². The van der Waals surface area contributed by atoms with Gasteiger partial charge in [-0.1, -0.05) is 42.8 Å². The molecule has 2 aromatic rings. The fourth-order valence-corrected chi connectivity index (χ4v) is 3.45. The molecule has 1 saturated heterocycles. The highest BCUT2D eigenvalue weighted by Gasteiger charge is 2.26. The first-order valence-electron chi connectivity index (χ1n) is 9.91. The number of carbonyl (C=O) groups excluding carboxylic acids is 1. The number of carbonyl (C=O) groups is 1. The SMILES string of the molecule is Cc1cccc(-c2noc(CN3CCCC(C(=O)NCCC(C)C)C3)n2)c1. The Labute approximate surface area is 161 Å². The molecule has 1 N–H and O–H groups in total. The third-order valence-corrected chi connectivity index (χ3v) is 5.00. The molecule has 0 bridgehead atoms. The van der Waals surface area contributed by atoms with E-state index in [0.29, 0.717) is 24.2 Å². The Morgan fingerprint density at radius 3 is 3.04 bits per heavy atom. The van der Waals surface area contributed by atoms with E-state index in [2.05, 4.69) is 34.2 Å². The van der Waals surface area contributed by atoms with E-state index in [0.717, 1.165) is 44.5 Å². The van der Waals surface area contributed by atoms with Crippen LogP contribution in [0.1, 0.15) is 44.6 Å². The molecule has 0 aliphatic carbocycles. The van der Waals surface area contributed by atoms with Crippen molar-refractivity contribution in [2.45, 2.75) is 46.6 Å². The molecule has 1 atom stereocenters. The van der Waals surface area contributed by atoms with E-state index < -0.39 is 0 Å². The Morgan fingerprint density at radius 2 is 2.26 bits per heavy atom. The Morgan fingerprint density at radius 1 is 1.41 bits per heavy atom. The molecule has 1 aliphatic heterocycles. The molecule has 1 fully saturated rings. The second-order valence-corrected chi connectivity index (χ2v) is 7.93. The Balaban J connectivity index is 1.54. The number of nitrogens with zero attached hydrogens (tertiary/aromatic N) is 3. The van der Waals surface area contributed by atoms with Crippen LogP contribution in [0.5, 0.6) is 0 Å². The van der Waals surface area contributed by atoms with Crippen LogP contribution in [-0.2, 0) is 11.3 Å². The van der Waals surface area contributed by atoms with Gasteiger partial charge in [-0.25, -0.2) is 0 Å². The maximum absolute atomic E-state index is 12.4. The molecule has 1 aromatic heterocycles. The second-order valence-electron chi connectivity index (χ2n) is 7.93. The molecule has 6 heteroatoms. The van der Waals surface area contributed by atoms with Gasteiger partial charge in [0.05, 0.1) is 12.5 Å². The molecular weight excluding hydrogens is 340 g/mol. The maximum Gasteiger partial charge on any atom is 0.241 e. The lowest BCUT2D eigenvalue weighted by atomic mass is 9.97. The summed E-state index contributed by atoms with van der Waals surface area (Å²) in [5, 5.41) is 7.19. The highest BCUT2D eigenvalue weighted by Crippen LogP contribution is 2.21.